The van der Waals surface area contributed by atoms with Crippen LogP contribution in [0.1, 0.15) is 80.6 Å². The fourth-order valence-electron chi connectivity index (χ4n) is 8.21. The summed E-state index contributed by atoms with van der Waals surface area (Å²) >= 11 is 0. The molecule has 0 radical (unpaired) electrons. The molecule has 3 aliphatic carbocycles. The lowest BCUT2D eigenvalue weighted by molar-refractivity contribution is -0.255. The van der Waals surface area contributed by atoms with Crippen molar-refractivity contribution in [3.8, 4) is 0 Å². The zero-order chi connectivity index (χ0) is 31.8. The number of aliphatic hydroxyl groups is 1. The molecular formula is C34H66O6Si2. The SMILES string of the molecule is COCOCCC[C@@]12C=C(C)C(C)(C)[C@@H]1C[C@H](O)[C@@]1(C)[C@@H](OCOCC[Si](C)(C)C)CC[C@H](O[Si](C)(C)C(C)(C)C)[C@H]21. The largest absolute Gasteiger partial charge is 0.414 e. The van der Waals surface area contributed by atoms with Gasteiger partial charge < -0.3 is 28.5 Å². The Kier molecular flexibility index (Phi) is 11.6. The van der Waals surface area contributed by atoms with Gasteiger partial charge >= 0.3 is 0 Å². The highest BCUT2D eigenvalue weighted by molar-refractivity contribution is 6.76. The minimum absolute atomic E-state index is 0.00494. The Bertz CT molecular complexity index is 922. The smallest absolute Gasteiger partial charge is 0.192 e. The molecule has 0 aliphatic heterocycles. The summed E-state index contributed by atoms with van der Waals surface area (Å²) in [5.74, 6) is 0.463. The summed E-state index contributed by atoms with van der Waals surface area (Å²) in [5.41, 5.74) is 0.885. The molecule has 8 heteroatoms. The lowest BCUT2D eigenvalue weighted by Crippen LogP contribution is -2.68. The fourth-order valence-corrected chi connectivity index (χ4v) is 10.3. The van der Waals surface area contributed by atoms with E-state index in [4.69, 9.17) is 23.4 Å². The average molecular weight is 627 g/mol. The Morgan fingerprint density at radius 1 is 0.976 bits per heavy atom. The summed E-state index contributed by atoms with van der Waals surface area (Å²) in [5, 5.41) is 12.3. The third kappa shape index (κ3) is 7.32. The molecule has 0 saturated heterocycles. The number of rotatable bonds is 14. The Labute approximate surface area is 260 Å². The summed E-state index contributed by atoms with van der Waals surface area (Å²) in [6, 6.07) is 1.13. The molecule has 3 rings (SSSR count). The monoisotopic (exact) mass is 626 g/mol. The lowest BCUT2D eigenvalue weighted by atomic mass is 9.43. The Balaban J connectivity index is 2.03. The van der Waals surface area contributed by atoms with Gasteiger partial charge in [0.05, 0.1) is 12.2 Å². The van der Waals surface area contributed by atoms with Gasteiger partial charge in [-0.3, -0.25) is 0 Å². The van der Waals surface area contributed by atoms with Crippen LogP contribution < -0.4 is 0 Å². The molecule has 42 heavy (non-hydrogen) atoms. The molecule has 0 bridgehead atoms. The molecule has 2 fully saturated rings. The molecule has 246 valence electrons. The second-order valence-electron chi connectivity index (χ2n) is 17.2. The van der Waals surface area contributed by atoms with E-state index < -0.39 is 27.9 Å². The van der Waals surface area contributed by atoms with Crippen molar-refractivity contribution in [3.63, 3.8) is 0 Å². The Hall–Kier alpha value is -0.0662. The van der Waals surface area contributed by atoms with Crippen molar-refractivity contribution in [2.24, 2.45) is 28.1 Å². The van der Waals surface area contributed by atoms with Crippen LogP contribution in [-0.4, -0.2) is 73.7 Å². The molecule has 0 spiro atoms. The third-order valence-corrected chi connectivity index (χ3v) is 18.1. The number of allylic oxidation sites excluding steroid dienone is 2. The van der Waals surface area contributed by atoms with Gasteiger partial charge in [-0.25, -0.2) is 0 Å². The van der Waals surface area contributed by atoms with E-state index in [0.717, 1.165) is 44.8 Å². The predicted octanol–water partition coefficient (Wildman–Crippen LogP) is 8.24. The molecule has 2 saturated carbocycles. The van der Waals surface area contributed by atoms with E-state index in [0.29, 0.717) is 26.1 Å². The van der Waals surface area contributed by atoms with Crippen molar-refractivity contribution < 1.29 is 28.5 Å². The van der Waals surface area contributed by atoms with E-state index in [1.165, 1.54) is 5.57 Å². The number of ether oxygens (including phenoxy) is 4. The molecule has 0 aromatic rings. The molecule has 0 heterocycles. The first kappa shape index (κ1) is 36.4. The van der Waals surface area contributed by atoms with Gasteiger partial charge in [-0.05, 0) is 80.0 Å². The topological polar surface area (TPSA) is 66.4 Å². The first-order valence-electron chi connectivity index (χ1n) is 16.6. The van der Waals surface area contributed by atoms with Crippen LogP contribution in [0.5, 0.6) is 0 Å². The van der Waals surface area contributed by atoms with Crippen molar-refractivity contribution in [2.45, 2.75) is 143 Å². The first-order chi connectivity index (χ1) is 19.2. The number of fused-ring (bicyclic) bond motifs is 3. The van der Waals surface area contributed by atoms with Gasteiger partial charge in [0.1, 0.15) is 13.6 Å². The maximum absolute atomic E-state index is 12.2. The highest BCUT2D eigenvalue weighted by Gasteiger charge is 2.69. The van der Waals surface area contributed by atoms with Gasteiger partial charge in [-0.1, -0.05) is 72.8 Å². The van der Waals surface area contributed by atoms with Gasteiger partial charge in [0.2, 0.25) is 0 Å². The minimum atomic E-state index is -2.08. The van der Waals surface area contributed by atoms with Crippen LogP contribution in [0.25, 0.3) is 0 Å². The molecule has 3 aliphatic rings. The third-order valence-electron chi connectivity index (χ3n) is 11.9. The molecule has 0 aromatic carbocycles. The maximum Gasteiger partial charge on any atom is 0.192 e. The van der Waals surface area contributed by atoms with Gasteiger partial charge in [0.15, 0.2) is 8.32 Å². The van der Waals surface area contributed by atoms with E-state index in [2.05, 4.69) is 87.3 Å². The van der Waals surface area contributed by atoms with Crippen LogP contribution >= 0.6 is 0 Å². The molecule has 6 nitrogen and oxygen atoms in total. The van der Waals surface area contributed by atoms with E-state index >= 15 is 0 Å². The molecule has 7 atom stereocenters. The second-order valence-corrected chi connectivity index (χ2v) is 27.6. The number of hydrogen-bond donors (Lipinski definition) is 1. The number of methoxy groups -OCH3 is 1. The van der Waals surface area contributed by atoms with Crippen LogP contribution in [0.4, 0.5) is 0 Å². The molecular weight excluding hydrogens is 561 g/mol. The summed E-state index contributed by atoms with van der Waals surface area (Å²) in [6.45, 7) is 30.3. The summed E-state index contributed by atoms with van der Waals surface area (Å²) in [7, 11) is -1.58. The van der Waals surface area contributed by atoms with E-state index in [-0.39, 0.29) is 34.0 Å². The van der Waals surface area contributed by atoms with E-state index in [1.54, 1.807) is 7.11 Å². The van der Waals surface area contributed by atoms with Gasteiger partial charge in [0.25, 0.3) is 0 Å². The Morgan fingerprint density at radius 2 is 1.62 bits per heavy atom. The standard InChI is InChI=1S/C34H66O6Si2/c1-25-22-34(17-14-18-37-23-36-8)27(32(25,5)6)21-28(35)33(7)29(39-24-38-19-20-41(9,10)11)16-15-26(30(33)34)40-42(12,13)31(2,3)4/h22,26-30,35H,14-21,23-24H2,1-13H3/t26-,27-,28-,29-,30-,33-,34+/m0/s1. The Morgan fingerprint density at radius 3 is 2.21 bits per heavy atom. The number of hydrogen-bond acceptors (Lipinski definition) is 6. The zero-order valence-corrected chi connectivity index (χ0v) is 31.5. The van der Waals surface area contributed by atoms with Crippen LogP contribution in [0, 0.1) is 28.1 Å². The maximum atomic E-state index is 12.2. The summed E-state index contributed by atoms with van der Waals surface area (Å²) in [4.78, 5) is 0. The molecule has 1 N–H and O–H groups in total. The fraction of sp³-hybridized carbons (Fsp3) is 0.941. The number of aliphatic hydroxyl groups excluding tert-OH is 1. The second kappa shape index (κ2) is 13.3. The van der Waals surface area contributed by atoms with Gasteiger partial charge in [-0.2, -0.15) is 0 Å². The van der Waals surface area contributed by atoms with Crippen LogP contribution in [-0.2, 0) is 23.4 Å². The van der Waals surface area contributed by atoms with E-state index in [9.17, 15) is 5.11 Å². The average Bonchev–Trinajstić information content (AvgIpc) is 3.03. The highest BCUT2D eigenvalue weighted by Crippen LogP contribution is 2.70. The minimum Gasteiger partial charge on any atom is -0.414 e. The van der Waals surface area contributed by atoms with Gasteiger partial charge in [-0.15, -0.1) is 0 Å². The van der Waals surface area contributed by atoms with Gasteiger partial charge in [0, 0.05) is 45.8 Å². The first-order valence-corrected chi connectivity index (χ1v) is 23.2. The van der Waals surface area contributed by atoms with Crippen LogP contribution in [0.2, 0.25) is 43.8 Å². The highest BCUT2D eigenvalue weighted by atomic mass is 28.4. The molecule has 0 aromatic heterocycles. The van der Waals surface area contributed by atoms with E-state index in [1.807, 2.05) is 0 Å². The molecule has 0 amide bonds. The van der Waals surface area contributed by atoms with Crippen molar-refractivity contribution in [1.29, 1.82) is 0 Å². The zero-order valence-electron chi connectivity index (χ0n) is 29.5. The predicted molar refractivity (Wildman–Crippen MR) is 178 cm³/mol. The molecule has 0 unspecified atom stereocenters. The normalized spacial score (nSPS) is 35.1. The summed E-state index contributed by atoms with van der Waals surface area (Å²) < 4.78 is 31.1. The van der Waals surface area contributed by atoms with Crippen molar-refractivity contribution in [3.05, 3.63) is 11.6 Å². The van der Waals surface area contributed by atoms with Crippen molar-refractivity contribution >= 4 is 16.4 Å². The van der Waals surface area contributed by atoms with Crippen molar-refractivity contribution in [2.75, 3.05) is 33.9 Å². The lowest BCUT2D eigenvalue weighted by Gasteiger charge is -2.65. The van der Waals surface area contributed by atoms with Crippen LogP contribution in [0.3, 0.4) is 0 Å². The quantitative estimate of drug-likeness (QED) is 0.0907. The van der Waals surface area contributed by atoms with Crippen molar-refractivity contribution in [1.82, 2.24) is 0 Å². The summed E-state index contributed by atoms with van der Waals surface area (Å²) in [6.07, 6.45) is 6.68. The van der Waals surface area contributed by atoms with Crippen LogP contribution in [0.15, 0.2) is 11.6 Å².